The summed E-state index contributed by atoms with van der Waals surface area (Å²) in [4.78, 5) is 12.5. The molecule has 0 amide bonds. The van der Waals surface area contributed by atoms with Crippen LogP contribution >= 0.6 is 11.8 Å². The Kier molecular flexibility index (Phi) is 5.75. The second-order valence-electron chi connectivity index (χ2n) is 5.63. The van der Waals surface area contributed by atoms with E-state index in [0.29, 0.717) is 33.6 Å². The molecule has 2 aromatic carbocycles. The molecule has 0 fully saturated rings. The van der Waals surface area contributed by atoms with Crippen molar-refractivity contribution in [3.05, 3.63) is 53.8 Å². The Balaban J connectivity index is 1.74. The van der Waals surface area contributed by atoms with Gasteiger partial charge in [-0.25, -0.2) is 4.39 Å². The Morgan fingerprint density at radius 1 is 1.11 bits per heavy atom. The van der Waals surface area contributed by atoms with Gasteiger partial charge in [-0.1, -0.05) is 23.9 Å². The van der Waals surface area contributed by atoms with Crippen LogP contribution in [0.1, 0.15) is 10.4 Å². The van der Waals surface area contributed by atoms with Gasteiger partial charge in [0.05, 0.1) is 25.5 Å². The van der Waals surface area contributed by atoms with E-state index in [-0.39, 0.29) is 17.4 Å². The van der Waals surface area contributed by atoms with Crippen LogP contribution in [-0.2, 0) is 7.05 Å². The third-order valence-corrected chi connectivity index (χ3v) is 5.01. The fourth-order valence-corrected chi connectivity index (χ4v) is 3.35. The molecule has 6 nitrogen and oxygen atoms in total. The quantitative estimate of drug-likeness (QED) is 0.456. The maximum absolute atomic E-state index is 14.0. The Morgan fingerprint density at radius 2 is 1.85 bits per heavy atom. The zero-order chi connectivity index (χ0) is 19.4. The SMILES string of the molecule is COc1ccc(C(=O)CSc2nnc(-c3ccccc3F)n2C)cc1OC. The van der Waals surface area contributed by atoms with Gasteiger partial charge in [-0.05, 0) is 30.3 Å². The minimum absolute atomic E-state index is 0.0867. The van der Waals surface area contributed by atoms with Crippen LogP contribution in [0.4, 0.5) is 4.39 Å². The minimum atomic E-state index is -0.369. The number of ketones is 1. The van der Waals surface area contributed by atoms with E-state index in [9.17, 15) is 9.18 Å². The van der Waals surface area contributed by atoms with Gasteiger partial charge in [-0.15, -0.1) is 10.2 Å². The molecule has 1 heterocycles. The average Bonchev–Trinajstić information content (AvgIpc) is 3.06. The van der Waals surface area contributed by atoms with E-state index in [4.69, 9.17) is 9.47 Å². The molecule has 0 N–H and O–H groups in total. The third kappa shape index (κ3) is 3.95. The first-order valence-corrected chi connectivity index (χ1v) is 9.06. The van der Waals surface area contributed by atoms with Crippen LogP contribution in [0.2, 0.25) is 0 Å². The lowest BCUT2D eigenvalue weighted by atomic mass is 10.1. The zero-order valence-electron chi connectivity index (χ0n) is 15.1. The molecule has 140 valence electrons. The average molecular weight is 387 g/mol. The van der Waals surface area contributed by atoms with Crippen molar-refractivity contribution in [3.63, 3.8) is 0 Å². The second-order valence-corrected chi connectivity index (χ2v) is 6.57. The Labute approximate surface area is 160 Å². The number of rotatable bonds is 7. The predicted molar refractivity (Wildman–Crippen MR) is 101 cm³/mol. The number of halogens is 1. The molecule has 1 aromatic heterocycles. The van der Waals surface area contributed by atoms with E-state index in [1.807, 2.05) is 0 Å². The van der Waals surface area contributed by atoms with Crippen LogP contribution in [0.15, 0.2) is 47.6 Å². The molecule has 27 heavy (non-hydrogen) atoms. The summed E-state index contributed by atoms with van der Waals surface area (Å²) < 4.78 is 26.0. The van der Waals surface area contributed by atoms with Crippen molar-refractivity contribution in [1.29, 1.82) is 0 Å². The highest BCUT2D eigenvalue weighted by atomic mass is 32.2. The van der Waals surface area contributed by atoms with Crippen molar-refractivity contribution < 1.29 is 18.7 Å². The molecule has 0 aliphatic heterocycles. The Hall–Kier alpha value is -2.87. The van der Waals surface area contributed by atoms with Crippen molar-refractivity contribution in [2.45, 2.75) is 5.16 Å². The molecular weight excluding hydrogens is 369 g/mol. The smallest absolute Gasteiger partial charge is 0.191 e. The van der Waals surface area contributed by atoms with Crippen LogP contribution in [0.3, 0.4) is 0 Å². The van der Waals surface area contributed by atoms with Crippen LogP contribution < -0.4 is 9.47 Å². The summed E-state index contributed by atoms with van der Waals surface area (Å²) in [7, 11) is 4.80. The lowest BCUT2D eigenvalue weighted by molar-refractivity contribution is 0.102. The van der Waals surface area contributed by atoms with Gasteiger partial charge in [-0.2, -0.15) is 0 Å². The van der Waals surface area contributed by atoms with Gasteiger partial charge in [0, 0.05) is 12.6 Å². The maximum atomic E-state index is 14.0. The minimum Gasteiger partial charge on any atom is -0.493 e. The first-order valence-electron chi connectivity index (χ1n) is 8.07. The number of aromatic nitrogens is 3. The number of methoxy groups -OCH3 is 2. The summed E-state index contributed by atoms with van der Waals surface area (Å²) in [5, 5.41) is 8.65. The number of benzene rings is 2. The van der Waals surface area contributed by atoms with Crippen molar-refractivity contribution in [1.82, 2.24) is 14.8 Å². The molecule has 0 atom stereocenters. The Bertz CT molecular complexity index is 975. The van der Waals surface area contributed by atoms with Gasteiger partial charge in [0.1, 0.15) is 5.82 Å². The summed E-state index contributed by atoms with van der Waals surface area (Å²) in [5.74, 6) is 1.17. The number of ether oxygens (including phenoxy) is 2. The summed E-state index contributed by atoms with van der Waals surface area (Å²) in [5.41, 5.74) is 0.877. The van der Waals surface area contributed by atoms with Crippen molar-refractivity contribution in [2.24, 2.45) is 7.05 Å². The van der Waals surface area contributed by atoms with Crippen LogP contribution in [0.5, 0.6) is 11.5 Å². The molecule has 0 spiro atoms. The topological polar surface area (TPSA) is 66.2 Å². The lowest BCUT2D eigenvalue weighted by Crippen LogP contribution is -2.05. The largest absolute Gasteiger partial charge is 0.493 e. The van der Waals surface area contributed by atoms with Gasteiger partial charge < -0.3 is 14.0 Å². The molecule has 0 aliphatic rings. The molecule has 0 saturated heterocycles. The molecule has 0 unspecified atom stereocenters. The molecule has 0 aliphatic carbocycles. The van der Waals surface area contributed by atoms with E-state index < -0.39 is 0 Å². The highest BCUT2D eigenvalue weighted by Crippen LogP contribution is 2.29. The first kappa shape index (κ1) is 18.9. The zero-order valence-corrected chi connectivity index (χ0v) is 15.9. The number of Topliss-reactive ketones (excluding diaryl/α,β-unsaturated/α-hetero) is 1. The first-order chi connectivity index (χ1) is 13.0. The highest BCUT2D eigenvalue weighted by molar-refractivity contribution is 7.99. The number of nitrogens with zero attached hydrogens (tertiary/aromatic N) is 3. The Morgan fingerprint density at radius 3 is 2.56 bits per heavy atom. The number of carbonyl (C=O) groups is 1. The second kappa shape index (κ2) is 8.22. The predicted octanol–water partition coefficient (Wildman–Crippen LogP) is 3.61. The van der Waals surface area contributed by atoms with E-state index in [0.717, 1.165) is 0 Å². The van der Waals surface area contributed by atoms with Crippen LogP contribution in [-0.4, -0.2) is 40.5 Å². The normalized spacial score (nSPS) is 10.7. The van der Waals surface area contributed by atoms with Gasteiger partial charge in [0.2, 0.25) is 0 Å². The van der Waals surface area contributed by atoms with Crippen molar-refractivity contribution in [3.8, 4) is 22.9 Å². The summed E-state index contributed by atoms with van der Waals surface area (Å²) in [6.45, 7) is 0. The van der Waals surface area contributed by atoms with Crippen LogP contribution in [0, 0.1) is 5.82 Å². The fourth-order valence-electron chi connectivity index (χ4n) is 2.54. The van der Waals surface area contributed by atoms with Gasteiger partial charge >= 0.3 is 0 Å². The summed E-state index contributed by atoms with van der Waals surface area (Å²) in [6, 6.07) is 11.4. The highest BCUT2D eigenvalue weighted by Gasteiger charge is 2.17. The van der Waals surface area contributed by atoms with E-state index >= 15 is 0 Å². The molecule has 3 aromatic rings. The fraction of sp³-hybridized carbons (Fsp3) is 0.211. The van der Waals surface area contributed by atoms with Gasteiger partial charge in [-0.3, -0.25) is 4.79 Å². The van der Waals surface area contributed by atoms with Gasteiger partial charge in [0.25, 0.3) is 0 Å². The number of carbonyl (C=O) groups excluding carboxylic acids is 1. The van der Waals surface area contributed by atoms with E-state index in [1.54, 1.807) is 48.0 Å². The number of hydrogen-bond acceptors (Lipinski definition) is 6. The third-order valence-electron chi connectivity index (χ3n) is 3.99. The molecule has 0 saturated carbocycles. The molecule has 0 bridgehead atoms. The summed E-state index contributed by atoms with van der Waals surface area (Å²) in [6.07, 6.45) is 0. The molecular formula is C19H18FN3O3S. The van der Waals surface area contributed by atoms with Crippen molar-refractivity contribution >= 4 is 17.5 Å². The standard InChI is InChI=1S/C19H18FN3O3S/c1-23-18(13-6-4-5-7-14(13)20)21-22-19(23)27-11-15(24)12-8-9-16(25-2)17(10-12)26-3/h4-10H,11H2,1-3H3. The summed E-state index contributed by atoms with van der Waals surface area (Å²) >= 11 is 1.24. The van der Waals surface area contributed by atoms with Crippen LogP contribution in [0.25, 0.3) is 11.4 Å². The maximum Gasteiger partial charge on any atom is 0.191 e. The molecule has 3 rings (SSSR count). The number of hydrogen-bond donors (Lipinski definition) is 0. The monoisotopic (exact) mass is 387 g/mol. The molecule has 0 radical (unpaired) electrons. The lowest BCUT2D eigenvalue weighted by Gasteiger charge is -2.09. The van der Waals surface area contributed by atoms with E-state index in [2.05, 4.69) is 10.2 Å². The number of thioether (sulfide) groups is 1. The van der Waals surface area contributed by atoms with Crippen molar-refractivity contribution in [2.75, 3.05) is 20.0 Å². The van der Waals surface area contributed by atoms with E-state index in [1.165, 1.54) is 32.0 Å². The molecule has 8 heteroatoms. The van der Waals surface area contributed by atoms with Gasteiger partial charge in [0.15, 0.2) is 28.3 Å².